The second kappa shape index (κ2) is 10.3. The molecule has 0 aromatic rings. The number of fused-ring (bicyclic) bond motifs is 2. The van der Waals surface area contributed by atoms with Gasteiger partial charge in [0.15, 0.2) is 11.9 Å². The molecule has 5 aliphatic rings. The first kappa shape index (κ1) is 26.3. The van der Waals surface area contributed by atoms with Crippen LogP contribution in [0.25, 0.3) is 0 Å². The summed E-state index contributed by atoms with van der Waals surface area (Å²) in [4.78, 5) is 48.6. The monoisotopic (exact) mass is 495 g/mol. The average Bonchev–Trinajstić information content (AvgIpc) is 3.08. The summed E-state index contributed by atoms with van der Waals surface area (Å²) in [6, 6.07) is -0.759. The average molecular weight is 496 g/mol. The molecule has 2 bridgehead atoms. The Morgan fingerprint density at radius 3 is 2.46 bits per heavy atom. The van der Waals surface area contributed by atoms with Gasteiger partial charge in [-0.15, -0.1) is 0 Å². The highest BCUT2D eigenvalue weighted by Gasteiger charge is 2.69. The maximum atomic E-state index is 12.8. The van der Waals surface area contributed by atoms with Crippen LogP contribution in [0.15, 0.2) is 0 Å². The number of carbonyl (C=O) groups excluding carboxylic acids is 3. The van der Waals surface area contributed by atoms with E-state index in [-0.39, 0.29) is 54.9 Å². The van der Waals surface area contributed by atoms with E-state index in [1.807, 2.05) is 6.92 Å². The smallest absolute Gasteiger partial charge is 0.242 e. The SMILES string of the molecule is CNC(=O)CC[C@H](NC(=O)CC[C@H]1O[C@@H]2O[C@@]3(C)CC[C@H]4[C@H](C)CC[C@@H]([C@H]1C)[C@@]24OO3)C(=O)NC. The predicted molar refractivity (Wildman–Crippen MR) is 125 cm³/mol. The van der Waals surface area contributed by atoms with Crippen LogP contribution in [-0.4, -0.2) is 61.6 Å². The van der Waals surface area contributed by atoms with Gasteiger partial charge in [0.25, 0.3) is 0 Å². The van der Waals surface area contributed by atoms with E-state index >= 15 is 0 Å². The van der Waals surface area contributed by atoms with E-state index in [0.717, 1.165) is 25.7 Å². The number of nitrogens with one attached hydrogen (secondary N) is 3. The van der Waals surface area contributed by atoms with E-state index in [1.54, 1.807) is 7.05 Å². The molecule has 0 unspecified atom stereocenters. The van der Waals surface area contributed by atoms with E-state index in [1.165, 1.54) is 7.05 Å². The molecule has 35 heavy (non-hydrogen) atoms. The molecular weight excluding hydrogens is 454 g/mol. The summed E-state index contributed by atoms with van der Waals surface area (Å²) in [5.74, 6) is -0.392. The van der Waals surface area contributed by atoms with Crippen molar-refractivity contribution in [2.75, 3.05) is 14.1 Å². The normalized spacial score (nSPS) is 40.7. The van der Waals surface area contributed by atoms with Gasteiger partial charge in [-0.05, 0) is 56.8 Å². The van der Waals surface area contributed by atoms with Crippen LogP contribution < -0.4 is 16.0 Å². The molecule has 10 heteroatoms. The molecule has 4 heterocycles. The number of amides is 3. The summed E-state index contributed by atoms with van der Waals surface area (Å²) in [5.41, 5.74) is -0.615. The molecular formula is C25H41N3O7. The van der Waals surface area contributed by atoms with Crippen LogP contribution in [0.4, 0.5) is 0 Å². The van der Waals surface area contributed by atoms with Crippen molar-refractivity contribution in [2.45, 2.75) is 102 Å². The lowest BCUT2D eigenvalue weighted by atomic mass is 9.57. The summed E-state index contributed by atoms with van der Waals surface area (Å²) in [5, 5.41) is 7.88. The Morgan fingerprint density at radius 1 is 0.971 bits per heavy atom. The van der Waals surface area contributed by atoms with Gasteiger partial charge in [-0.25, -0.2) is 9.78 Å². The summed E-state index contributed by atoms with van der Waals surface area (Å²) in [7, 11) is 3.06. The lowest BCUT2D eigenvalue weighted by molar-refractivity contribution is -0.571. The number of ether oxygens (including phenoxy) is 2. The van der Waals surface area contributed by atoms with Gasteiger partial charge in [0.1, 0.15) is 6.04 Å². The molecule has 3 amide bonds. The van der Waals surface area contributed by atoms with Crippen molar-refractivity contribution in [3.05, 3.63) is 0 Å². The quantitative estimate of drug-likeness (QED) is 0.439. The molecule has 5 rings (SSSR count). The Labute approximate surface area is 207 Å². The highest BCUT2D eigenvalue weighted by molar-refractivity contribution is 5.88. The maximum Gasteiger partial charge on any atom is 0.242 e. The summed E-state index contributed by atoms with van der Waals surface area (Å²) in [6.45, 7) is 6.35. The first-order chi connectivity index (χ1) is 16.6. The second-order valence-corrected chi connectivity index (χ2v) is 10.9. The van der Waals surface area contributed by atoms with Crippen molar-refractivity contribution in [3.8, 4) is 0 Å². The molecule has 9 atom stereocenters. The summed E-state index contributed by atoms with van der Waals surface area (Å²) < 4.78 is 12.9. The topological polar surface area (TPSA) is 124 Å². The van der Waals surface area contributed by atoms with Gasteiger partial charge in [-0.1, -0.05) is 13.8 Å². The van der Waals surface area contributed by atoms with Crippen LogP contribution in [-0.2, 0) is 33.6 Å². The van der Waals surface area contributed by atoms with Gasteiger partial charge < -0.3 is 25.4 Å². The summed E-state index contributed by atoms with van der Waals surface area (Å²) >= 11 is 0. The minimum absolute atomic E-state index is 0.154. The first-order valence-corrected chi connectivity index (χ1v) is 13.0. The van der Waals surface area contributed by atoms with Gasteiger partial charge in [-0.3, -0.25) is 14.4 Å². The van der Waals surface area contributed by atoms with Gasteiger partial charge in [0.2, 0.25) is 23.5 Å². The third-order valence-electron chi connectivity index (χ3n) is 8.79. The number of likely N-dealkylation sites (N-methyl/N-ethyl adjacent to an activating group) is 1. The van der Waals surface area contributed by atoms with Crippen LogP contribution in [0.5, 0.6) is 0 Å². The largest absolute Gasteiger partial charge is 0.359 e. The molecule has 1 aliphatic carbocycles. The van der Waals surface area contributed by atoms with Gasteiger partial charge in [-0.2, -0.15) is 0 Å². The molecule has 4 saturated heterocycles. The molecule has 198 valence electrons. The third-order valence-corrected chi connectivity index (χ3v) is 8.79. The van der Waals surface area contributed by atoms with E-state index in [4.69, 9.17) is 19.2 Å². The zero-order chi connectivity index (χ0) is 25.4. The Balaban J connectivity index is 1.41. The molecule has 10 nitrogen and oxygen atoms in total. The Hall–Kier alpha value is -1.75. The molecule has 0 radical (unpaired) electrons. The van der Waals surface area contributed by atoms with Crippen LogP contribution in [0, 0.1) is 23.7 Å². The van der Waals surface area contributed by atoms with Gasteiger partial charge in [0, 0.05) is 39.3 Å². The molecule has 0 aromatic carbocycles. The minimum atomic E-state index is -0.828. The fraction of sp³-hybridized carbons (Fsp3) is 0.880. The van der Waals surface area contributed by atoms with Crippen LogP contribution in [0.3, 0.4) is 0 Å². The fourth-order valence-electron chi connectivity index (χ4n) is 6.69. The number of hydrogen-bond donors (Lipinski definition) is 3. The maximum absolute atomic E-state index is 12.8. The second-order valence-electron chi connectivity index (χ2n) is 10.9. The lowest BCUT2D eigenvalue weighted by Gasteiger charge is -2.60. The van der Waals surface area contributed by atoms with E-state index < -0.39 is 23.7 Å². The lowest BCUT2D eigenvalue weighted by Crippen LogP contribution is -2.70. The highest BCUT2D eigenvalue weighted by atomic mass is 17.3. The van der Waals surface area contributed by atoms with Crippen molar-refractivity contribution in [2.24, 2.45) is 23.7 Å². The van der Waals surface area contributed by atoms with Crippen molar-refractivity contribution < 1.29 is 33.6 Å². The third kappa shape index (κ3) is 4.95. The zero-order valence-corrected chi connectivity index (χ0v) is 21.6. The van der Waals surface area contributed by atoms with E-state index in [2.05, 4.69) is 29.8 Å². The van der Waals surface area contributed by atoms with Crippen LogP contribution in [0.1, 0.15) is 72.1 Å². The Morgan fingerprint density at radius 2 is 1.74 bits per heavy atom. The van der Waals surface area contributed by atoms with E-state index in [0.29, 0.717) is 18.3 Å². The van der Waals surface area contributed by atoms with Crippen molar-refractivity contribution in [1.82, 2.24) is 16.0 Å². The molecule has 0 aromatic heterocycles. The van der Waals surface area contributed by atoms with Crippen molar-refractivity contribution >= 4 is 17.7 Å². The first-order valence-electron chi connectivity index (χ1n) is 13.0. The standard InChI is InChI=1S/C25H41N3O7/c1-14-6-7-17-15(2)19(32-23-25(17)16(14)12-13-24(3,33-23)34-35-25)9-11-21(30)28-18(22(31)27-5)8-10-20(29)26-4/h14-19,23H,6-13H2,1-5H3,(H,26,29)(H,27,31)(H,28,30)/t14-,15-,16+,17+,18+,19-,23-,24-,25-/m1/s1. The van der Waals surface area contributed by atoms with Crippen molar-refractivity contribution in [1.29, 1.82) is 0 Å². The molecule has 1 saturated carbocycles. The van der Waals surface area contributed by atoms with Crippen LogP contribution >= 0.6 is 0 Å². The number of rotatable bonds is 8. The van der Waals surface area contributed by atoms with E-state index in [9.17, 15) is 14.4 Å². The molecule has 1 spiro atoms. The Bertz CT molecular complexity index is 825. The van der Waals surface area contributed by atoms with Crippen LogP contribution in [0.2, 0.25) is 0 Å². The van der Waals surface area contributed by atoms with Gasteiger partial charge in [0.05, 0.1) is 6.10 Å². The number of hydrogen-bond acceptors (Lipinski definition) is 7. The minimum Gasteiger partial charge on any atom is -0.359 e. The fourth-order valence-corrected chi connectivity index (χ4v) is 6.69. The van der Waals surface area contributed by atoms with Gasteiger partial charge >= 0.3 is 0 Å². The molecule has 4 aliphatic heterocycles. The van der Waals surface area contributed by atoms with Crippen molar-refractivity contribution in [3.63, 3.8) is 0 Å². The number of carbonyl (C=O) groups is 3. The molecule has 3 N–H and O–H groups in total. The highest BCUT2D eigenvalue weighted by Crippen LogP contribution is 2.60. The predicted octanol–water partition coefficient (Wildman–Crippen LogP) is 1.77. The zero-order valence-electron chi connectivity index (χ0n) is 21.6. The summed E-state index contributed by atoms with van der Waals surface area (Å²) in [6.07, 6.45) is 4.26. The Kier molecular flexibility index (Phi) is 7.76. The molecule has 5 fully saturated rings.